The van der Waals surface area contributed by atoms with E-state index >= 15 is 0 Å². The molecule has 1 amide bonds. The highest BCUT2D eigenvalue weighted by molar-refractivity contribution is 6.31. The molecule has 140 valence electrons. The van der Waals surface area contributed by atoms with Gasteiger partial charge in [-0.2, -0.15) is 0 Å². The Hall–Kier alpha value is -2.23. The second-order valence-electron chi connectivity index (χ2n) is 6.51. The molecule has 0 bridgehead atoms. The molecule has 0 N–H and O–H groups in total. The van der Waals surface area contributed by atoms with Crippen molar-refractivity contribution in [2.45, 2.75) is 31.9 Å². The van der Waals surface area contributed by atoms with Crippen LogP contribution in [0.3, 0.4) is 0 Å². The summed E-state index contributed by atoms with van der Waals surface area (Å²) >= 11 is 12.4. The van der Waals surface area contributed by atoms with E-state index in [9.17, 15) is 4.79 Å². The number of alkyl halides is 1. The van der Waals surface area contributed by atoms with Gasteiger partial charge >= 0.3 is 0 Å². The van der Waals surface area contributed by atoms with Crippen molar-refractivity contribution in [1.82, 2.24) is 9.47 Å². The van der Waals surface area contributed by atoms with Crippen LogP contribution in [0.15, 0.2) is 72.9 Å². The van der Waals surface area contributed by atoms with E-state index < -0.39 is 5.38 Å². The maximum Gasteiger partial charge on any atom is 0.240 e. The van der Waals surface area contributed by atoms with Crippen LogP contribution in [0, 0.1) is 0 Å². The van der Waals surface area contributed by atoms with E-state index in [4.69, 9.17) is 23.2 Å². The van der Waals surface area contributed by atoms with E-state index in [0.717, 1.165) is 21.8 Å². The summed E-state index contributed by atoms with van der Waals surface area (Å²) in [7, 11) is 0. The molecule has 3 aromatic rings. The molecule has 0 spiro atoms. The Morgan fingerprint density at radius 1 is 1.00 bits per heavy atom. The molecule has 3 nitrogen and oxygen atoms in total. The van der Waals surface area contributed by atoms with Gasteiger partial charge in [0.1, 0.15) is 5.38 Å². The monoisotopic (exact) mass is 400 g/mol. The number of benzene rings is 2. The van der Waals surface area contributed by atoms with Crippen molar-refractivity contribution in [3.63, 3.8) is 0 Å². The van der Waals surface area contributed by atoms with Crippen molar-refractivity contribution in [2.24, 2.45) is 0 Å². The average Bonchev–Trinajstić information content (AvgIpc) is 3.10. The number of halogens is 2. The number of amides is 1. The molecule has 2 aromatic carbocycles. The molecule has 0 aliphatic carbocycles. The molecule has 27 heavy (non-hydrogen) atoms. The normalized spacial score (nSPS) is 12.0. The van der Waals surface area contributed by atoms with Crippen molar-refractivity contribution in [1.29, 1.82) is 0 Å². The number of hydrogen-bond donors (Lipinski definition) is 0. The summed E-state index contributed by atoms with van der Waals surface area (Å²) < 4.78 is 2.12. The van der Waals surface area contributed by atoms with Crippen LogP contribution in [0.25, 0.3) is 0 Å². The maximum absolute atomic E-state index is 12.7. The fraction of sp³-hybridized carbons (Fsp3) is 0.227. The SMILES string of the molecule is C[C@@H](Cl)C(=O)N(Cc1ccccc1)Cc1cccn1Cc1ccccc1Cl. The van der Waals surface area contributed by atoms with Crippen LogP contribution in [0.1, 0.15) is 23.7 Å². The Bertz CT molecular complexity index is 890. The lowest BCUT2D eigenvalue weighted by Gasteiger charge is -2.25. The Labute approximate surface area is 170 Å². The third kappa shape index (κ3) is 5.15. The zero-order valence-electron chi connectivity index (χ0n) is 15.2. The largest absolute Gasteiger partial charge is 0.345 e. The summed E-state index contributed by atoms with van der Waals surface area (Å²) in [6.45, 7) is 3.38. The first-order chi connectivity index (χ1) is 13.0. The maximum atomic E-state index is 12.7. The number of hydrogen-bond acceptors (Lipinski definition) is 1. The van der Waals surface area contributed by atoms with Gasteiger partial charge < -0.3 is 9.47 Å². The first-order valence-corrected chi connectivity index (χ1v) is 9.70. The second-order valence-corrected chi connectivity index (χ2v) is 7.58. The minimum atomic E-state index is -0.569. The molecule has 0 fully saturated rings. The number of nitrogens with zero attached hydrogens (tertiary/aromatic N) is 2. The van der Waals surface area contributed by atoms with E-state index in [2.05, 4.69) is 4.57 Å². The summed E-state index contributed by atoms with van der Waals surface area (Å²) in [6.07, 6.45) is 2.01. The third-order valence-corrected chi connectivity index (χ3v) is 5.00. The van der Waals surface area contributed by atoms with E-state index in [1.165, 1.54) is 0 Å². The molecule has 0 aliphatic heterocycles. The summed E-state index contributed by atoms with van der Waals surface area (Å²) in [5.41, 5.74) is 3.16. The molecule has 5 heteroatoms. The van der Waals surface area contributed by atoms with Gasteiger partial charge in [0.2, 0.25) is 5.91 Å². The molecule has 3 rings (SSSR count). The molecule has 0 saturated heterocycles. The van der Waals surface area contributed by atoms with E-state index in [1.54, 1.807) is 11.8 Å². The Morgan fingerprint density at radius 2 is 1.70 bits per heavy atom. The molecule has 0 unspecified atom stereocenters. The second kappa shape index (κ2) is 9.12. The topological polar surface area (TPSA) is 25.2 Å². The fourth-order valence-corrected chi connectivity index (χ4v) is 3.35. The molecular weight excluding hydrogens is 379 g/mol. The van der Waals surface area contributed by atoms with Crippen molar-refractivity contribution in [3.8, 4) is 0 Å². The number of carbonyl (C=O) groups excluding carboxylic acids is 1. The Kier molecular flexibility index (Phi) is 6.59. The van der Waals surface area contributed by atoms with Gasteiger partial charge in [0.05, 0.1) is 6.54 Å². The van der Waals surface area contributed by atoms with Gasteiger partial charge in [-0.25, -0.2) is 0 Å². The van der Waals surface area contributed by atoms with Crippen molar-refractivity contribution in [3.05, 3.63) is 94.8 Å². The third-order valence-electron chi connectivity index (χ3n) is 4.44. The molecule has 1 heterocycles. The number of carbonyl (C=O) groups is 1. The van der Waals surface area contributed by atoms with Gasteiger partial charge in [-0.1, -0.05) is 60.1 Å². The highest BCUT2D eigenvalue weighted by Gasteiger charge is 2.20. The van der Waals surface area contributed by atoms with Gasteiger partial charge in [0.15, 0.2) is 0 Å². The number of aromatic nitrogens is 1. The quantitative estimate of drug-likeness (QED) is 0.490. The van der Waals surface area contributed by atoms with Crippen LogP contribution in [0.4, 0.5) is 0 Å². The van der Waals surface area contributed by atoms with Crippen LogP contribution >= 0.6 is 23.2 Å². The average molecular weight is 401 g/mol. The Morgan fingerprint density at radius 3 is 2.41 bits per heavy atom. The van der Waals surface area contributed by atoms with Crippen LogP contribution in [-0.4, -0.2) is 20.8 Å². The lowest BCUT2D eigenvalue weighted by Crippen LogP contribution is -2.35. The smallest absolute Gasteiger partial charge is 0.240 e. The summed E-state index contributed by atoms with van der Waals surface area (Å²) in [4.78, 5) is 14.5. The highest BCUT2D eigenvalue weighted by Crippen LogP contribution is 2.19. The highest BCUT2D eigenvalue weighted by atomic mass is 35.5. The molecule has 1 aromatic heterocycles. The minimum absolute atomic E-state index is 0.0778. The first kappa shape index (κ1) is 19.5. The predicted octanol–water partition coefficient (Wildman–Crippen LogP) is 5.35. The van der Waals surface area contributed by atoms with Crippen LogP contribution in [0.2, 0.25) is 5.02 Å². The van der Waals surface area contributed by atoms with Gasteiger partial charge in [-0.3, -0.25) is 4.79 Å². The zero-order chi connectivity index (χ0) is 19.2. The lowest BCUT2D eigenvalue weighted by atomic mass is 10.2. The summed E-state index contributed by atoms with van der Waals surface area (Å²) in [5.74, 6) is -0.0778. The fourth-order valence-electron chi connectivity index (χ4n) is 3.02. The summed E-state index contributed by atoms with van der Waals surface area (Å²) in [6, 6.07) is 21.8. The van der Waals surface area contributed by atoms with Gasteiger partial charge in [0, 0.05) is 30.0 Å². The molecule has 0 aliphatic rings. The molecule has 0 radical (unpaired) electrons. The van der Waals surface area contributed by atoms with Gasteiger partial charge in [-0.15, -0.1) is 11.6 Å². The predicted molar refractivity (Wildman–Crippen MR) is 111 cm³/mol. The van der Waals surface area contributed by atoms with Crippen molar-refractivity contribution < 1.29 is 4.79 Å². The Balaban J connectivity index is 1.81. The molecule has 1 atom stereocenters. The lowest BCUT2D eigenvalue weighted by molar-refractivity contribution is -0.131. The van der Waals surface area contributed by atoms with E-state index in [1.807, 2.05) is 72.9 Å². The van der Waals surface area contributed by atoms with E-state index in [0.29, 0.717) is 19.6 Å². The van der Waals surface area contributed by atoms with Crippen LogP contribution < -0.4 is 0 Å². The minimum Gasteiger partial charge on any atom is -0.345 e. The van der Waals surface area contributed by atoms with E-state index in [-0.39, 0.29) is 5.91 Å². The van der Waals surface area contributed by atoms with Gasteiger partial charge in [0.25, 0.3) is 0 Å². The number of rotatable bonds is 7. The molecular formula is C22H22Cl2N2O. The standard InChI is InChI=1S/C22H22Cl2N2O/c1-17(23)22(27)26(14-18-8-3-2-4-9-18)16-20-11-7-13-25(20)15-19-10-5-6-12-21(19)24/h2-13,17H,14-16H2,1H3/t17-/m1/s1. The first-order valence-electron chi connectivity index (χ1n) is 8.89. The van der Waals surface area contributed by atoms with Crippen molar-refractivity contribution in [2.75, 3.05) is 0 Å². The van der Waals surface area contributed by atoms with Crippen molar-refractivity contribution >= 4 is 29.1 Å². The van der Waals surface area contributed by atoms with Crippen LogP contribution in [-0.2, 0) is 24.4 Å². The zero-order valence-corrected chi connectivity index (χ0v) is 16.7. The van der Waals surface area contributed by atoms with Crippen LogP contribution in [0.5, 0.6) is 0 Å². The molecule has 0 saturated carbocycles. The van der Waals surface area contributed by atoms with Gasteiger partial charge in [-0.05, 0) is 36.2 Å². The summed E-state index contributed by atoms with van der Waals surface area (Å²) in [5, 5.41) is 0.171.